The lowest BCUT2D eigenvalue weighted by atomic mass is 10.1. The van der Waals surface area contributed by atoms with Crippen LogP contribution in [-0.2, 0) is 6.18 Å². The molecule has 0 fully saturated rings. The van der Waals surface area contributed by atoms with Gasteiger partial charge < -0.3 is 5.32 Å². The van der Waals surface area contributed by atoms with Crippen molar-refractivity contribution in [3.63, 3.8) is 0 Å². The summed E-state index contributed by atoms with van der Waals surface area (Å²) in [6.45, 7) is 1.87. The summed E-state index contributed by atoms with van der Waals surface area (Å²) >= 11 is 0. The van der Waals surface area contributed by atoms with E-state index in [2.05, 4.69) is 15.3 Å². The largest absolute Gasteiger partial charge is 0.416 e. The normalized spacial score (nSPS) is 13.0. The standard InChI is InChI=1S/C17H14F3N3/c1-11(12-4-6-13(7-5-12)17(18,19)20)23-16-14-3-2-9-21-15(14)8-10-22-16/h2-11H,1H3,(H,22,23)/t11-/m0/s1. The number of alkyl halides is 3. The number of pyridine rings is 2. The van der Waals surface area contributed by atoms with Crippen molar-refractivity contribution in [1.82, 2.24) is 9.97 Å². The number of halogens is 3. The molecule has 118 valence electrons. The van der Waals surface area contributed by atoms with Gasteiger partial charge in [0, 0.05) is 23.8 Å². The average Bonchev–Trinajstić information content (AvgIpc) is 2.54. The molecule has 2 heterocycles. The van der Waals surface area contributed by atoms with Gasteiger partial charge in [-0.1, -0.05) is 12.1 Å². The SMILES string of the molecule is C[C@H](Nc1nccc2ncccc12)c1ccc(C(F)(F)F)cc1. The summed E-state index contributed by atoms with van der Waals surface area (Å²) in [7, 11) is 0. The smallest absolute Gasteiger partial charge is 0.363 e. The first-order valence-electron chi connectivity index (χ1n) is 7.08. The zero-order valence-corrected chi connectivity index (χ0v) is 12.3. The molecule has 2 aromatic heterocycles. The molecule has 3 rings (SSSR count). The number of fused-ring (bicyclic) bond motifs is 1. The van der Waals surface area contributed by atoms with Gasteiger partial charge in [-0.3, -0.25) is 4.98 Å². The number of nitrogens with one attached hydrogen (secondary N) is 1. The molecule has 3 nitrogen and oxygen atoms in total. The molecular formula is C17H14F3N3. The molecule has 0 aliphatic rings. The van der Waals surface area contributed by atoms with Crippen molar-refractivity contribution in [2.75, 3.05) is 5.32 Å². The van der Waals surface area contributed by atoms with E-state index in [9.17, 15) is 13.2 Å². The first kappa shape index (κ1) is 15.3. The number of hydrogen-bond donors (Lipinski definition) is 1. The molecule has 0 spiro atoms. The topological polar surface area (TPSA) is 37.8 Å². The molecule has 0 aliphatic heterocycles. The van der Waals surface area contributed by atoms with Gasteiger partial charge in [-0.05, 0) is 42.8 Å². The zero-order chi connectivity index (χ0) is 16.4. The minimum atomic E-state index is -4.32. The number of hydrogen-bond acceptors (Lipinski definition) is 3. The summed E-state index contributed by atoms with van der Waals surface area (Å²) in [6, 6.07) is 10.5. The second-order valence-electron chi connectivity index (χ2n) is 5.22. The summed E-state index contributed by atoms with van der Waals surface area (Å²) in [5.41, 5.74) is 0.909. The van der Waals surface area contributed by atoms with E-state index in [4.69, 9.17) is 0 Å². The van der Waals surface area contributed by atoms with Crippen molar-refractivity contribution in [1.29, 1.82) is 0 Å². The Labute approximate surface area is 131 Å². The molecule has 1 atom stereocenters. The van der Waals surface area contributed by atoms with Gasteiger partial charge in [0.2, 0.25) is 0 Å². The van der Waals surface area contributed by atoms with Crippen LogP contribution < -0.4 is 5.32 Å². The van der Waals surface area contributed by atoms with Crippen LogP contribution in [0, 0.1) is 0 Å². The Morgan fingerprint density at radius 3 is 2.39 bits per heavy atom. The monoisotopic (exact) mass is 317 g/mol. The van der Waals surface area contributed by atoms with Crippen LogP contribution in [0.15, 0.2) is 54.9 Å². The molecule has 0 bridgehead atoms. The van der Waals surface area contributed by atoms with E-state index in [1.165, 1.54) is 12.1 Å². The third-order valence-electron chi connectivity index (χ3n) is 3.62. The molecule has 0 radical (unpaired) electrons. The van der Waals surface area contributed by atoms with Crippen molar-refractivity contribution in [2.45, 2.75) is 19.1 Å². The van der Waals surface area contributed by atoms with Crippen molar-refractivity contribution in [3.8, 4) is 0 Å². The van der Waals surface area contributed by atoms with E-state index < -0.39 is 11.7 Å². The van der Waals surface area contributed by atoms with Crippen LogP contribution in [-0.4, -0.2) is 9.97 Å². The Morgan fingerprint density at radius 2 is 1.70 bits per heavy atom. The molecule has 3 aromatic rings. The Bertz CT molecular complexity index is 808. The minimum Gasteiger partial charge on any atom is -0.363 e. The maximum atomic E-state index is 12.6. The van der Waals surface area contributed by atoms with Crippen LogP contribution in [0.3, 0.4) is 0 Å². The summed E-state index contributed by atoms with van der Waals surface area (Å²) in [5.74, 6) is 0.656. The molecular weight excluding hydrogens is 303 g/mol. The van der Waals surface area contributed by atoms with Gasteiger partial charge in [-0.2, -0.15) is 13.2 Å². The Hall–Kier alpha value is -2.63. The Balaban J connectivity index is 1.85. The highest BCUT2D eigenvalue weighted by molar-refractivity contribution is 5.88. The minimum absolute atomic E-state index is 0.185. The van der Waals surface area contributed by atoms with Gasteiger partial charge in [0.25, 0.3) is 0 Å². The molecule has 1 aromatic carbocycles. The molecule has 23 heavy (non-hydrogen) atoms. The van der Waals surface area contributed by atoms with Crippen LogP contribution >= 0.6 is 0 Å². The molecule has 0 aliphatic carbocycles. The van der Waals surface area contributed by atoms with E-state index in [1.807, 2.05) is 25.1 Å². The highest BCUT2D eigenvalue weighted by Crippen LogP contribution is 2.30. The summed E-state index contributed by atoms with van der Waals surface area (Å²) in [5, 5.41) is 4.10. The number of anilines is 1. The Morgan fingerprint density at radius 1 is 0.957 bits per heavy atom. The highest BCUT2D eigenvalue weighted by Gasteiger charge is 2.30. The van der Waals surface area contributed by atoms with Gasteiger partial charge in [0.05, 0.1) is 11.1 Å². The van der Waals surface area contributed by atoms with Crippen molar-refractivity contribution in [3.05, 3.63) is 66.0 Å². The van der Waals surface area contributed by atoms with Crippen molar-refractivity contribution < 1.29 is 13.2 Å². The molecule has 0 amide bonds. The number of benzene rings is 1. The fourth-order valence-electron chi connectivity index (χ4n) is 2.37. The van der Waals surface area contributed by atoms with Gasteiger partial charge >= 0.3 is 6.18 Å². The van der Waals surface area contributed by atoms with E-state index in [1.54, 1.807) is 12.4 Å². The lowest BCUT2D eigenvalue weighted by Crippen LogP contribution is -2.10. The number of nitrogens with zero attached hydrogens (tertiary/aromatic N) is 2. The quantitative estimate of drug-likeness (QED) is 0.752. The molecule has 6 heteroatoms. The van der Waals surface area contributed by atoms with E-state index in [-0.39, 0.29) is 6.04 Å². The predicted octanol–water partition coefficient (Wildman–Crippen LogP) is 4.82. The third-order valence-corrected chi connectivity index (χ3v) is 3.62. The maximum Gasteiger partial charge on any atom is 0.416 e. The van der Waals surface area contributed by atoms with Crippen molar-refractivity contribution >= 4 is 16.7 Å². The van der Waals surface area contributed by atoms with Gasteiger partial charge in [-0.15, -0.1) is 0 Å². The van der Waals surface area contributed by atoms with Gasteiger partial charge in [-0.25, -0.2) is 4.98 Å². The second-order valence-corrected chi connectivity index (χ2v) is 5.22. The maximum absolute atomic E-state index is 12.6. The third kappa shape index (κ3) is 3.26. The number of aromatic nitrogens is 2. The second kappa shape index (κ2) is 5.87. The van der Waals surface area contributed by atoms with Crippen LogP contribution in [0.2, 0.25) is 0 Å². The summed E-state index contributed by atoms with van der Waals surface area (Å²) in [4.78, 5) is 8.55. The highest BCUT2D eigenvalue weighted by atomic mass is 19.4. The molecule has 1 N–H and O–H groups in total. The lowest BCUT2D eigenvalue weighted by molar-refractivity contribution is -0.137. The summed E-state index contributed by atoms with van der Waals surface area (Å²) in [6.07, 6.45) is -0.972. The fraction of sp³-hybridized carbons (Fsp3) is 0.176. The van der Waals surface area contributed by atoms with E-state index in [0.717, 1.165) is 28.6 Å². The van der Waals surface area contributed by atoms with E-state index in [0.29, 0.717) is 5.82 Å². The summed E-state index contributed by atoms with van der Waals surface area (Å²) < 4.78 is 37.8. The predicted molar refractivity (Wildman–Crippen MR) is 83.0 cm³/mol. The van der Waals surface area contributed by atoms with Crippen LogP contribution in [0.1, 0.15) is 24.1 Å². The van der Waals surface area contributed by atoms with Crippen LogP contribution in [0.4, 0.5) is 19.0 Å². The zero-order valence-electron chi connectivity index (χ0n) is 12.3. The van der Waals surface area contributed by atoms with Gasteiger partial charge in [0.1, 0.15) is 5.82 Å². The average molecular weight is 317 g/mol. The van der Waals surface area contributed by atoms with Crippen molar-refractivity contribution in [2.24, 2.45) is 0 Å². The number of rotatable bonds is 3. The first-order chi connectivity index (χ1) is 10.9. The van der Waals surface area contributed by atoms with E-state index >= 15 is 0 Å². The first-order valence-corrected chi connectivity index (χ1v) is 7.08. The Kier molecular flexibility index (Phi) is 3.90. The lowest BCUT2D eigenvalue weighted by Gasteiger charge is -2.17. The van der Waals surface area contributed by atoms with Crippen LogP contribution in [0.25, 0.3) is 10.9 Å². The van der Waals surface area contributed by atoms with Gasteiger partial charge in [0.15, 0.2) is 0 Å². The fourth-order valence-corrected chi connectivity index (χ4v) is 2.37. The molecule has 0 unspecified atom stereocenters. The molecule has 0 saturated carbocycles. The van der Waals surface area contributed by atoms with Crippen LogP contribution in [0.5, 0.6) is 0 Å². The molecule has 0 saturated heterocycles.